The smallest absolute Gasteiger partial charge is 0.205 e. The maximum Gasteiger partial charge on any atom is 0.205 e. The number of nitrogens with one attached hydrogen (secondary N) is 2. The Bertz CT molecular complexity index is 222. The highest BCUT2D eigenvalue weighted by Crippen LogP contribution is 2.25. The summed E-state index contributed by atoms with van der Waals surface area (Å²) in [5.41, 5.74) is 2.59. The summed E-state index contributed by atoms with van der Waals surface area (Å²) in [6.45, 7) is 9.26. The summed E-state index contributed by atoms with van der Waals surface area (Å²) in [7, 11) is 0. The van der Waals surface area contributed by atoms with E-state index in [2.05, 4.69) is 41.4 Å². The Hall–Kier alpha value is -0.810. The molecule has 0 bridgehead atoms. The molecule has 0 aromatic rings. The fourth-order valence-electron chi connectivity index (χ4n) is 1.74. The van der Waals surface area contributed by atoms with Crippen LogP contribution in [-0.2, 0) is 0 Å². The molecule has 0 unspecified atom stereocenters. The average Bonchev–Trinajstić information content (AvgIpc) is 3.06. The maximum atomic E-state index is 5.39. The highest BCUT2D eigenvalue weighted by Gasteiger charge is 2.26. The Kier molecular flexibility index (Phi) is 5.55. The second-order valence-corrected chi connectivity index (χ2v) is 4.53. The van der Waals surface area contributed by atoms with Crippen LogP contribution in [0.3, 0.4) is 0 Å². The van der Waals surface area contributed by atoms with Gasteiger partial charge in [0.05, 0.1) is 6.54 Å². The standard InChI is InChI=1S/C11H25N5/c1-4-16(10-5-6-10)8-7-13-11(15-12)14-9(2)3/h9-10H,4-8,12H2,1-3H3,(H2,13,14,15). The lowest BCUT2D eigenvalue weighted by atomic mass is 10.4. The lowest BCUT2D eigenvalue weighted by molar-refractivity contribution is 0.286. The Labute approximate surface area is 98.4 Å². The molecule has 4 N–H and O–H groups in total. The first kappa shape index (κ1) is 13.3. The molecule has 0 aromatic heterocycles. The molecule has 0 heterocycles. The molecule has 1 rings (SSSR count). The number of rotatable bonds is 6. The van der Waals surface area contributed by atoms with Gasteiger partial charge >= 0.3 is 0 Å². The number of likely N-dealkylation sites (N-methyl/N-ethyl adjacent to an activating group) is 1. The molecule has 1 fully saturated rings. The van der Waals surface area contributed by atoms with Crippen molar-refractivity contribution >= 4 is 5.96 Å². The van der Waals surface area contributed by atoms with Gasteiger partial charge in [-0.15, -0.1) is 0 Å². The third-order valence-corrected chi connectivity index (χ3v) is 2.69. The van der Waals surface area contributed by atoms with Crippen molar-refractivity contribution in [3.8, 4) is 0 Å². The predicted molar refractivity (Wildman–Crippen MR) is 68.2 cm³/mol. The quantitative estimate of drug-likeness (QED) is 0.264. The van der Waals surface area contributed by atoms with Crippen LogP contribution in [0.4, 0.5) is 0 Å². The van der Waals surface area contributed by atoms with E-state index in [4.69, 9.17) is 5.84 Å². The summed E-state index contributed by atoms with van der Waals surface area (Å²) in [6, 6.07) is 1.16. The zero-order valence-electron chi connectivity index (χ0n) is 10.7. The number of hydrogen-bond donors (Lipinski definition) is 3. The fourth-order valence-corrected chi connectivity index (χ4v) is 1.74. The van der Waals surface area contributed by atoms with Gasteiger partial charge in [0.1, 0.15) is 0 Å². The zero-order chi connectivity index (χ0) is 12.0. The van der Waals surface area contributed by atoms with Gasteiger partial charge in [0.25, 0.3) is 0 Å². The van der Waals surface area contributed by atoms with E-state index in [0.29, 0.717) is 12.0 Å². The lowest BCUT2D eigenvalue weighted by Gasteiger charge is -2.19. The summed E-state index contributed by atoms with van der Waals surface area (Å²) in [5.74, 6) is 6.07. The van der Waals surface area contributed by atoms with Crippen LogP contribution >= 0.6 is 0 Å². The van der Waals surface area contributed by atoms with Crippen LogP contribution in [0.2, 0.25) is 0 Å². The van der Waals surface area contributed by atoms with Gasteiger partial charge < -0.3 is 5.32 Å². The van der Waals surface area contributed by atoms with E-state index in [1.54, 1.807) is 0 Å². The molecule has 16 heavy (non-hydrogen) atoms. The van der Waals surface area contributed by atoms with E-state index < -0.39 is 0 Å². The van der Waals surface area contributed by atoms with Crippen molar-refractivity contribution in [3.63, 3.8) is 0 Å². The molecule has 0 amide bonds. The van der Waals surface area contributed by atoms with Crippen molar-refractivity contribution in [1.29, 1.82) is 0 Å². The number of guanidine groups is 1. The van der Waals surface area contributed by atoms with Crippen LogP contribution in [0, 0.1) is 0 Å². The van der Waals surface area contributed by atoms with Gasteiger partial charge in [-0.25, -0.2) is 5.84 Å². The van der Waals surface area contributed by atoms with E-state index in [-0.39, 0.29) is 0 Å². The first-order chi connectivity index (χ1) is 7.67. The van der Waals surface area contributed by atoms with Gasteiger partial charge in [-0.2, -0.15) is 0 Å². The molecule has 5 nitrogen and oxygen atoms in total. The Morgan fingerprint density at radius 3 is 2.62 bits per heavy atom. The van der Waals surface area contributed by atoms with Crippen molar-refractivity contribution in [1.82, 2.24) is 15.6 Å². The fraction of sp³-hybridized carbons (Fsp3) is 0.909. The van der Waals surface area contributed by atoms with Crippen LogP contribution in [0.25, 0.3) is 0 Å². The van der Waals surface area contributed by atoms with Crippen LogP contribution in [0.15, 0.2) is 4.99 Å². The van der Waals surface area contributed by atoms with Crippen molar-refractivity contribution in [2.45, 2.75) is 45.7 Å². The number of hydrogen-bond acceptors (Lipinski definition) is 3. The minimum Gasteiger partial charge on any atom is -0.353 e. The molecule has 1 aliphatic carbocycles. The zero-order valence-corrected chi connectivity index (χ0v) is 10.7. The Morgan fingerprint density at radius 2 is 2.19 bits per heavy atom. The van der Waals surface area contributed by atoms with Crippen LogP contribution in [0.5, 0.6) is 0 Å². The van der Waals surface area contributed by atoms with Crippen LogP contribution in [-0.4, -0.2) is 42.6 Å². The summed E-state index contributed by atoms with van der Waals surface area (Å²) < 4.78 is 0. The van der Waals surface area contributed by atoms with Crippen molar-refractivity contribution < 1.29 is 0 Å². The Morgan fingerprint density at radius 1 is 1.50 bits per heavy atom. The van der Waals surface area contributed by atoms with Crippen molar-refractivity contribution in [2.75, 3.05) is 19.6 Å². The number of nitrogens with two attached hydrogens (primary N) is 1. The first-order valence-electron chi connectivity index (χ1n) is 6.19. The topological polar surface area (TPSA) is 65.7 Å². The monoisotopic (exact) mass is 227 g/mol. The van der Waals surface area contributed by atoms with E-state index in [9.17, 15) is 0 Å². The van der Waals surface area contributed by atoms with Gasteiger partial charge in [0.15, 0.2) is 0 Å². The lowest BCUT2D eigenvalue weighted by Crippen LogP contribution is -2.45. The molecule has 5 heteroatoms. The van der Waals surface area contributed by atoms with E-state index in [0.717, 1.165) is 25.7 Å². The molecule has 0 spiro atoms. The minimum absolute atomic E-state index is 0.348. The number of hydrazine groups is 1. The average molecular weight is 227 g/mol. The van der Waals surface area contributed by atoms with Crippen LogP contribution < -0.4 is 16.6 Å². The molecule has 0 radical (unpaired) electrons. The van der Waals surface area contributed by atoms with Crippen molar-refractivity contribution in [2.24, 2.45) is 10.8 Å². The third-order valence-electron chi connectivity index (χ3n) is 2.69. The molecule has 94 valence electrons. The highest BCUT2D eigenvalue weighted by atomic mass is 15.3. The molecule has 1 aliphatic rings. The Balaban J connectivity index is 2.26. The van der Waals surface area contributed by atoms with Gasteiger partial charge in [0.2, 0.25) is 5.96 Å². The molecule has 0 aromatic carbocycles. The van der Waals surface area contributed by atoms with Gasteiger partial charge in [-0.05, 0) is 33.2 Å². The highest BCUT2D eigenvalue weighted by molar-refractivity contribution is 5.79. The first-order valence-corrected chi connectivity index (χ1v) is 6.19. The largest absolute Gasteiger partial charge is 0.353 e. The minimum atomic E-state index is 0.348. The van der Waals surface area contributed by atoms with E-state index >= 15 is 0 Å². The number of nitrogens with zero attached hydrogens (tertiary/aromatic N) is 2. The van der Waals surface area contributed by atoms with E-state index in [1.807, 2.05) is 0 Å². The van der Waals surface area contributed by atoms with Gasteiger partial charge in [-0.3, -0.25) is 15.3 Å². The molecular formula is C11H25N5. The van der Waals surface area contributed by atoms with Gasteiger partial charge in [0, 0.05) is 18.6 Å². The summed E-state index contributed by atoms with van der Waals surface area (Å²) >= 11 is 0. The maximum absolute atomic E-state index is 5.39. The SMILES string of the molecule is CCN(CCN=C(NN)NC(C)C)C1CC1. The molecule has 0 aliphatic heterocycles. The molecule has 0 saturated heterocycles. The number of aliphatic imine (C=N–C) groups is 1. The predicted octanol–water partition coefficient (Wildman–Crippen LogP) is 0.288. The molecular weight excluding hydrogens is 202 g/mol. The van der Waals surface area contributed by atoms with E-state index in [1.165, 1.54) is 12.8 Å². The summed E-state index contributed by atoms with van der Waals surface area (Å²) in [4.78, 5) is 6.89. The molecule has 0 atom stereocenters. The normalized spacial score (nSPS) is 17.0. The van der Waals surface area contributed by atoms with Gasteiger partial charge in [-0.1, -0.05) is 6.92 Å². The summed E-state index contributed by atoms with van der Waals surface area (Å²) in [6.07, 6.45) is 2.70. The second kappa shape index (κ2) is 6.70. The van der Waals surface area contributed by atoms with Crippen LogP contribution in [0.1, 0.15) is 33.6 Å². The molecule has 1 saturated carbocycles. The van der Waals surface area contributed by atoms with Crippen molar-refractivity contribution in [3.05, 3.63) is 0 Å². The third kappa shape index (κ3) is 4.81. The summed E-state index contributed by atoms with van der Waals surface area (Å²) in [5, 5.41) is 3.16. The second-order valence-electron chi connectivity index (χ2n) is 4.53.